The molecule has 0 fully saturated rings. The molecule has 24 heavy (non-hydrogen) atoms. The van der Waals surface area contributed by atoms with Crippen molar-refractivity contribution in [3.05, 3.63) is 71.4 Å². The minimum atomic E-state index is -1.27. The highest BCUT2D eigenvalue weighted by Crippen LogP contribution is 2.22. The number of hydrogen-bond acceptors (Lipinski definition) is 4. The lowest BCUT2D eigenvalue weighted by Gasteiger charge is -2.09. The van der Waals surface area contributed by atoms with E-state index < -0.39 is 17.5 Å². The molecule has 7 heteroatoms. The maximum atomic E-state index is 13.6. The van der Waals surface area contributed by atoms with Gasteiger partial charge in [-0.1, -0.05) is 6.07 Å². The van der Waals surface area contributed by atoms with Gasteiger partial charge in [-0.25, -0.2) is 23.1 Å². The van der Waals surface area contributed by atoms with Gasteiger partial charge in [0.1, 0.15) is 12.3 Å². The fraction of sp³-hybridized carbons (Fsp3) is 0.118. The summed E-state index contributed by atoms with van der Waals surface area (Å²) in [6, 6.07) is 8.10. The van der Waals surface area contributed by atoms with Gasteiger partial charge in [-0.05, 0) is 25.1 Å². The summed E-state index contributed by atoms with van der Waals surface area (Å²) in [7, 11) is 0. The van der Waals surface area contributed by atoms with Gasteiger partial charge in [-0.3, -0.25) is 4.98 Å². The van der Waals surface area contributed by atoms with E-state index in [1.165, 1.54) is 0 Å². The SMILES string of the molecule is Cc1cc(COc2cc(F)c(F)cc2F)nc(-c2ccccn2)n1. The number of rotatable bonds is 4. The topological polar surface area (TPSA) is 47.9 Å². The number of hydrogen-bond donors (Lipinski definition) is 0. The van der Waals surface area contributed by atoms with Crippen LogP contribution < -0.4 is 4.74 Å². The number of aromatic nitrogens is 3. The molecule has 0 aliphatic rings. The molecular formula is C17H12F3N3O. The smallest absolute Gasteiger partial charge is 0.178 e. The molecule has 0 aliphatic carbocycles. The van der Waals surface area contributed by atoms with Crippen molar-refractivity contribution in [1.29, 1.82) is 0 Å². The van der Waals surface area contributed by atoms with E-state index in [0.717, 1.165) is 0 Å². The van der Waals surface area contributed by atoms with Crippen molar-refractivity contribution in [3.8, 4) is 17.3 Å². The van der Waals surface area contributed by atoms with Gasteiger partial charge < -0.3 is 4.74 Å². The Balaban J connectivity index is 1.84. The van der Waals surface area contributed by atoms with E-state index in [1.807, 2.05) is 0 Å². The maximum Gasteiger partial charge on any atom is 0.178 e. The second kappa shape index (κ2) is 6.66. The summed E-state index contributed by atoms with van der Waals surface area (Å²) >= 11 is 0. The number of benzene rings is 1. The Labute approximate surface area is 136 Å². The number of ether oxygens (including phenoxy) is 1. The fourth-order valence-electron chi connectivity index (χ4n) is 2.08. The lowest BCUT2D eigenvalue weighted by Crippen LogP contribution is -2.04. The van der Waals surface area contributed by atoms with Gasteiger partial charge in [0.2, 0.25) is 0 Å². The summed E-state index contributed by atoms with van der Waals surface area (Å²) in [5, 5.41) is 0. The van der Waals surface area contributed by atoms with Crippen molar-refractivity contribution in [1.82, 2.24) is 15.0 Å². The summed E-state index contributed by atoms with van der Waals surface area (Å²) in [6.45, 7) is 1.65. The Morgan fingerprint density at radius 3 is 2.50 bits per heavy atom. The third-order valence-electron chi connectivity index (χ3n) is 3.15. The van der Waals surface area contributed by atoms with E-state index in [1.54, 1.807) is 37.4 Å². The van der Waals surface area contributed by atoms with Crippen LogP contribution in [0.2, 0.25) is 0 Å². The Kier molecular flexibility index (Phi) is 4.41. The molecule has 0 atom stereocenters. The monoisotopic (exact) mass is 331 g/mol. The van der Waals surface area contributed by atoms with Gasteiger partial charge >= 0.3 is 0 Å². The van der Waals surface area contributed by atoms with E-state index in [9.17, 15) is 13.2 Å². The second-order valence-electron chi connectivity index (χ2n) is 5.02. The lowest BCUT2D eigenvalue weighted by atomic mass is 10.3. The van der Waals surface area contributed by atoms with Crippen LogP contribution in [0.4, 0.5) is 13.2 Å². The van der Waals surface area contributed by atoms with Crippen LogP contribution in [0.5, 0.6) is 5.75 Å². The average Bonchev–Trinajstić information content (AvgIpc) is 2.57. The summed E-state index contributed by atoms with van der Waals surface area (Å²) in [4.78, 5) is 12.8. The van der Waals surface area contributed by atoms with E-state index in [-0.39, 0.29) is 12.4 Å². The summed E-state index contributed by atoms with van der Waals surface area (Å²) in [6.07, 6.45) is 1.62. The van der Waals surface area contributed by atoms with Gasteiger partial charge in [0.05, 0.1) is 5.69 Å². The number of pyridine rings is 1. The van der Waals surface area contributed by atoms with E-state index >= 15 is 0 Å². The summed E-state index contributed by atoms with van der Waals surface area (Å²) in [5.74, 6) is -3.41. The van der Waals surface area contributed by atoms with Crippen LogP contribution in [0.15, 0.2) is 42.6 Å². The normalized spacial score (nSPS) is 10.7. The van der Waals surface area contributed by atoms with Crippen LogP contribution in [0, 0.1) is 24.4 Å². The third-order valence-corrected chi connectivity index (χ3v) is 3.15. The largest absolute Gasteiger partial charge is 0.484 e. The van der Waals surface area contributed by atoms with Crippen molar-refractivity contribution in [2.45, 2.75) is 13.5 Å². The molecule has 0 bridgehead atoms. The van der Waals surface area contributed by atoms with E-state index in [2.05, 4.69) is 15.0 Å². The number of halogens is 3. The maximum absolute atomic E-state index is 13.6. The highest BCUT2D eigenvalue weighted by atomic mass is 19.2. The summed E-state index contributed by atoms with van der Waals surface area (Å²) < 4.78 is 44.9. The first-order valence-corrected chi connectivity index (χ1v) is 7.06. The highest BCUT2D eigenvalue weighted by Gasteiger charge is 2.12. The quantitative estimate of drug-likeness (QED) is 0.682. The summed E-state index contributed by atoms with van der Waals surface area (Å²) in [5.41, 5.74) is 1.73. The molecule has 3 rings (SSSR count). The van der Waals surface area contributed by atoms with E-state index in [4.69, 9.17) is 4.74 Å². The molecule has 0 aliphatic heterocycles. The van der Waals surface area contributed by atoms with Gasteiger partial charge in [-0.15, -0.1) is 0 Å². The Morgan fingerprint density at radius 1 is 0.958 bits per heavy atom. The predicted molar refractivity (Wildman–Crippen MR) is 80.6 cm³/mol. The van der Waals surface area contributed by atoms with Crippen molar-refractivity contribution in [2.24, 2.45) is 0 Å². The van der Waals surface area contributed by atoms with Crippen LogP contribution in [0.3, 0.4) is 0 Å². The molecule has 2 aromatic heterocycles. The van der Waals surface area contributed by atoms with Crippen molar-refractivity contribution >= 4 is 0 Å². The molecule has 0 unspecified atom stereocenters. The Hall–Kier alpha value is -2.96. The zero-order valence-corrected chi connectivity index (χ0v) is 12.6. The standard InChI is InChI=1S/C17H12F3N3O/c1-10-6-11(23-17(22-10)15-4-2-3-5-21-15)9-24-16-8-13(19)12(18)7-14(16)20/h2-8H,9H2,1H3. The molecule has 122 valence electrons. The first-order valence-electron chi connectivity index (χ1n) is 7.06. The fourth-order valence-corrected chi connectivity index (χ4v) is 2.08. The predicted octanol–water partition coefficient (Wildman–Crippen LogP) is 3.84. The molecule has 0 amide bonds. The zero-order valence-electron chi connectivity index (χ0n) is 12.6. The molecule has 0 N–H and O–H groups in total. The van der Waals surface area contributed by atoms with Gasteiger partial charge in [-0.2, -0.15) is 0 Å². The van der Waals surface area contributed by atoms with Crippen molar-refractivity contribution in [2.75, 3.05) is 0 Å². The number of nitrogens with zero attached hydrogens (tertiary/aromatic N) is 3. The average molecular weight is 331 g/mol. The third kappa shape index (κ3) is 3.51. The minimum Gasteiger partial charge on any atom is -0.484 e. The molecule has 0 spiro atoms. The number of aryl methyl sites for hydroxylation is 1. The molecule has 3 aromatic rings. The molecule has 0 saturated carbocycles. The van der Waals surface area contributed by atoms with Crippen LogP contribution >= 0.6 is 0 Å². The van der Waals surface area contributed by atoms with E-state index in [0.29, 0.717) is 35.0 Å². The molecule has 4 nitrogen and oxygen atoms in total. The minimum absolute atomic E-state index is 0.120. The Bertz CT molecular complexity index is 872. The molecule has 1 aromatic carbocycles. The van der Waals surface area contributed by atoms with Gasteiger partial charge in [0.25, 0.3) is 0 Å². The van der Waals surface area contributed by atoms with Crippen molar-refractivity contribution < 1.29 is 17.9 Å². The molecular weight excluding hydrogens is 319 g/mol. The lowest BCUT2D eigenvalue weighted by molar-refractivity contribution is 0.282. The zero-order chi connectivity index (χ0) is 17.1. The van der Waals surface area contributed by atoms with Crippen LogP contribution in [-0.2, 0) is 6.61 Å². The van der Waals surface area contributed by atoms with Gasteiger partial charge in [0, 0.05) is 24.0 Å². The highest BCUT2D eigenvalue weighted by molar-refractivity contribution is 5.48. The van der Waals surface area contributed by atoms with Crippen LogP contribution in [-0.4, -0.2) is 15.0 Å². The first-order chi connectivity index (χ1) is 11.5. The molecule has 0 saturated heterocycles. The molecule has 2 heterocycles. The molecule has 0 radical (unpaired) electrons. The van der Waals surface area contributed by atoms with Crippen LogP contribution in [0.1, 0.15) is 11.4 Å². The van der Waals surface area contributed by atoms with Crippen molar-refractivity contribution in [3.63, 3.8) is 0 Å². The van der Waals surface area contributed by atoms with Gasteiger partial charge in [0.15, 0.2) is 29.0 Å². The Morgan fingerprint density at radius 2 is 1.75 bits per heavy atom. The second-order valence-corrected chi connectivity index (χ2v) is 5.02. The first kappa shape index (κ1) is 15.9. The van der Waals surface area contributed by atoms with Crippen LogP contribution in [0.25, 0.3) is 11.5 Å².